The van der Waals surface area contributed by atoms with E-state index in [4.69, 9.17) is 37.0 Å². The van der Waals surface area contributed by atoms with Crippen LogP contribution in [0, 0.1) is 11.8 Å². The van der Waals surface area contributed by atoms with Crippen molar-refractivity contribution in [2.75, 3.05) is 39.6 Å². The molecule has 0 bridgehead atoms. The number of rotatable bonds is 83. The highest BCUT2D eigenvalue weighted by Gasteiger charge is 2.30. The molecule has 19 heteroatoms. The summed E-state index contributed by atoms with van der Waals surface area (Å²) in [4.78, 5) is 73.1. The molecule has 3 N–H and O–H groups in total. The van der Waals surface area contributed by atoms with E-state index < -0.39 is 97.5 Å². The molecule has 17 nitrogen and oxygen atoms in total. The number of hydrogen-bond donors (Lipinski definition) is 3. The summed E-state index contributed by atoms with van der Waals surface area (Å²) in [7, 11) is -9.92. The first kappa shape index (κ1) is 101. The van der Waals surface area contributed by atoms with Crippen molar-refractivity contribution in [1.82, 2.24) is 0 Å². The van der Waals surface area contributed by atoms with E-state index in [-0.39, 0.29) is 25.7 Å². The van der Waals surface area contributed by atoms with Gasteiger partial charge < -0.3 is 33.8 Å². The molecule has 0 aromatic heterocycles. The van der Waals surface area contributed by atoms with E-state index in [9.17, 15) is 43.2 Å². The third-order valence-corrected chi connectivity index (χ3v) is 22.0. The fourth-order valence-electron chi connectivity index (χ4n) is 13.0. The Morgan fingerprint density at radius 3 is 0.738 bits per heavy atom. The molecule has 0 aliphatic heterocycles. The Hall–Kier alpha value is -1.94. The van der Waals surface area contributed by atoms with Gasteiger partial charge in [0.05, 0.1) is 26.4 Å². The summed E-state index contributed by atoms with van der Waals surface area (Å²) in [6, 6.07) is 0. The van der Waals surface area contributed by atoms with Crippen LogP contribution in [0.5, 0.6) is 0 Å². The lowest BCUT2D eigenvalue weighted by Crippen LogP contribution is -2.30. The number of carbonyl (C=O) groups excluding carboxylic acids is 4. The zero-order chi connectivity index (χ0) is 75.6. The molecule has 0 aromatic rings. The Labute approximate surface area is 632 Å². The van der Waals surface area contributed by atoms with Crippen LogP contribution in [0.15, 0.2) is 0 Å². The SMILES string of the molecule is CCCCCCCCCCCCCCCCCC(=O)O[C@H](COC(=O)CCCCCCCCCCCC)COP(=O)(O)OC[C@H](O)COP(=O)(O)OC[C@@H](COC(=O)CCCCCCCCCCCCCCCC(C)C)OC(=O)CCCCCCCCCCCCCCCCCCCCC(C)CC. The number of aliphatic hydroxyl groups excluding tert-OH is 1. The lowest BCUT2D eigenvalue weighted by atomic mass is 9.99. The van der Waals surface area contributed by atoms with E-state index in [1.54, 1.807) is 0 Å². The largest absolute Gasteiger partial charge is 0.472 e. The van der Waals surface area contributed by atoms with Gasteiger partial charge in [-0.3, -0.25) is 37.3 Å². The zero-order valence-electron chi connectivity index (χ0n) is 67.6. The molecule has 0 spiro atoms. The summed E-state index contributed by atoms with van der Waals surface area (Å²) >= 11 is 0. The molecule has 103 heavy (non-hydrogen) atoms. The van der Waals surface area contributed by atoms with Crippen molar-refractivity contribution in [2.24, 2.45) is 11.8 Å². The molecule has 0 amide bonds. The van der Waals surface area contributed by atoms with Crippen LogP contribution in [0.4, 0.5) is 0 Å². The highest BCUT2D eigenvalue weighted by atomic mass is 31.2. The number of phosphoric ester groups is 2. The minimum absolute atomic E-state index is 0.108. The van der Waals surface area contributed by atoms with Crippen molar-refractivity contribution in [3.05, 3.63) is 0 Å². The summed E-state index contributed by atoms with van der Waals surface area (Å²) in [5.41, 5.74) is 0. The Morgan fingerprint density at radius 2 is 0.495 bits per heavy atom. The zero-order valence-corrected chi connectivity index (χ0v) is 69.4. The van der Waals surface area contributed by atoms with Crippen LogP contribution in [0.1, 0.15) is 446 Å². The van der Waals surface area contributed by atoms with Gasteiger partial charge in [0.25, 0.3) is 0 Å². The van der Waals surface area contributed by atoms with E-state index >= 15 is 0 Å². The van der Waals surface area contributed by atoms with Gasteiger partial charge in [0.2, 0.25) is 0 Å². The smallest absolute Gasteiger partial charge is 0.462 e. The summed E-state index contributed by atoms with van der Waals surface area (Å²) in [5, 5.41) is 10.7. The predicted molar refractivity (Wildman–Crippen MR) is 423 cm³/mol. The van der Waals surface area contributed by atoms with Crippen molar-refractivity contribution in [3.63, 3.8) is 0 Å². The van der Waals surface area contributed by atoms with Gasteiger partial charge in [0.1, 0.15) is 19.3 Å². The Bertz CT molecular complexity index is 1980. The summed E-state index contributed by atoms with van der Waals surface area (Å²) in [6.45, 7) is 9.74. The van der Waals surface area contributed by atoms with Gasteiger partial charge in [-0.1, -0.05) is 395 Å². The number of aliphatic hydroxyl groups is 1. The van der Waals surface area contributed by atoms with Gasteiger partial charge in [-0.2, -0.15) is 0 Å². The highest BCUT2D eigenvalue weighted by Crippen LogP contribution is 2.45. The van der Waals surface area contributed by atoms with Crippen LogP contribution in [0.25, 0.3) is 0 Å². The van der Waals surface area contributed by atoms with Gasteiger partial charge in [-0.25, -0.2) is 9.13 Å². The molecule has 6 atom stereocenters. The van der Waals surface area contributed by atoms with Crippen molar-refractivity contribution in [2.45, 2.75) is 464 Å². The molecule has 0 heterocycles. The van der Waals surface area contributed by atoms with E-state index in [1.165, 1.54) is 263 Å². The van der Waals surface area contributed by atoms with Crippen LogP contribution in [-0.4, -0.2) is 96.7 Å². The molecular formula is C84H164O17P2. The fourth-order valence-corrected chi connectivity index (χ4v) is 14.6. The standard InChI is InChI=1S/C84H164O17P2/c1-7-10-12-14-16-18-20-21-26-32-38-44-50-56-62-68-83(88)100-79(72-94-81(86)66-60-54-48-42-19-17-15-13-11-8-2)74-98-102(90,91)96-70-78(85)71-97-103(92,93)99-75-80(73-95-82(87)67-61-55-49-43-37-34-29-30-35-40-46-52-58-64-76(4)5)101-84(89)69-63-57-51-45-39-33-28-25-23-22-24-27-31-36-41-47-53-59-65-77(6)9-3/h76-80,85H,7-75H2,1-6H3,(H,90,91)(H,92,93)/t77?,78-,79+,80+/m0/s1. The topological polar surface area (TPSA) is 237 Å². The molecule has 0 aromatic carbocycles. The van der Waals surface area contributed by atoms with Gasteiger partial charge >= 0.3 is 39.5 Å². The van der Waals surface area contributed by atoms with Crippen LogP contribution in [0.3, 0.4) is 0 Å². The van der Waals surface area contributed by atoms with E-state index in [0.29, 0.717) is 25.7 Å². The molecule has 612 valence electrons. The molecule has 0 aliphatic carbocycles. The first-order chi connectivity index (χ1) is 49.9. The summed E-state index contributed by atoms with van der Waals surface area (Å²) in [6.07, 6.45) is 66.5. The molecule has 0 radical (unpaired) electrons. The summed E-state index contributed by atoms with van der Waals surface area (Å²) < 4.78 is 68.8. The first-order valence-electron chi connectivity index (χ1n) is 43.5. The van der Waals surface area contributed by atoms with Crippen LogP contribution < -0.4 is 0 Å². The third kappa shape index (κ3) is 76.6. The maximum atomic E-state index is 13.1. The van der Waals surface area contributed by atoms with E-state index in [2.05, 4.69) is 41.5 Å². The van der Waals surface area contributed by atoms with Gasteiger partial charge in [0, 0.05) is 25.7 Å². The van der Waals surface area contributed by atoms with Crippen LogP contribution >= 0.6 is 15.6 Å². The van der Waals surface area contributed by atoms with Crippen molar-refractivity contribution in [3.8, 4) is 0 Å². The Kier molecular flexibility index (Phi) is 74.1. The lowest BCUT2D eigenvalue weighted by molar-refractivity contribution is -0.161. The maximum Gasteiger partial charge on any atom is 0.472 e. The molecule has 0 fully saturated rings. The summed E-state index contributed by atoms with van der Waals surface area (Å²) in [5.74, 6) is -0.441. The van der Waals surface area contributed by atoms with Crippen LogP contribution in [0.2, 0.25) is 0 Å². The molecule has 0 saturated carbocycles. The minimum atomic E-state index is -4.96. The third-order valence-electron chi connectivity index (χ3n) is 20.1. The number of hydrogen-bond acceptors (Lipinski definition) is 15. The maximum absolute atomic E-state index is 13.1. The predicted octanol–water partition coefficient (Wildman–Crippen LogP) is 25.5. The van der Waals surface area contributed by atoms with Crippen molar-refractivity contribution >= 4 is 39.5 Å². The fraction of sp³-hybridized carbons (Fsp3) is 0.952. The minimum Gasteiger partial charge on any atom is -0.462 e. The Balaban J connectivity index is 5.22. The second-order valence-corrected chi connectivity index (χ2v) is 33.8. The monoisotopic (exact) mass is 1510 g/mol. The second kappa shape index (κ2) is 75.5. The van der Waals surface area contributed by atoms with Crippen LogP contribution in [-0.2, 0) is 65.4 Å². The normalized spacial score (nSPS) is 14.1. The van der Waals surface area contributed by atoms with E-state index in [0.717, 1.165) is 102 Å². The second-order valence-electron chi connectivity index (χ2n) is 30.9. The molecular weight excluding hydrogens is 1340 g/mol. The molecule has 0 saturated heterocycles. The number of carbonyl (C=O) groups is 4. The first-order valence-corrected chi connectivity index (χ1v) is 46.5. The molecule has 3 unspecified atom stereocenters. The number of ether oxygens (including phenoxy) is 4. The van der Waals surface area contributed by atoms with E-state index in [1.807, 2.05) is 0 Å². The van der Waals surface area contributed by atoms with Gasteiger partial charge in [0.15, 0.2) is 12.2 Å². The molecule has 0 aliphatic rings. The molecule has 0 rings (SSSR count). The lowest BCUT2D eigenvalue weighted by Gasteiger charge is -2.21. The number of phosphoric acid groups is 2. The van der Waals surface area contributed by atoms with Gasteiger partial charge in [-0.15, -0.1) is 0 Å². The number of unbranched alkanes of at least 4 members (excludes halogenated alkanes) is 52. The van der Waals surface area contributed by atoms with Gasteiger partial charge in [-0.05, 0) is 37.5 Å². The number of esters is 4. The average Bonchev–Trinajstić information content (AvgIpc) is 0.916. The van der Waals surface area contributed by atoms with Crippen molar-refractivity contribution < 1.29 is 80.2 Å². The van der Waals surface area contributed by atoms with Crippen molar-refractivity contribution in [1.29, 1.82) is 0 Å². The average molecular weight is 1510 g/mol. The quantitative estimate of drug-likeness (QED) is 0.0222. The highest BCUT2D eigenvalue weighted by molar-refractivity contribution is 7.47. The Morgan fingerprint density at radius 1 is 0.282 bits per heavy atom.